The van der Waals surface area contributed by atoms with Crippen LogP contribution >= 0.6 is 11.6 Å². The fourth-order valence-electron chi connectivity index (χ4n) is 2.31. The summed E-state index contributed by atoms with van der Waals surface area (Å²) in [4.78, 5) is 4.20. The highest BCUT2D eigenvalue weighted by atomic mass is 35.5. The number of nitrogen functional groups attached to an aromatic ring is 1. The summed E-state index contributed by atoms with van der Waals surface area (Å²) in [5.41, 5.74) is 6.86. The Morgan fingerprint density at radius 3 is 2.81 bits per heavy atom. The molecule has 0 unspecified atom stereocenters. The van der Waals surface area contributed by atoms with Gasteiger partial charge in [0.1, 0.15) is 5.82 Å². The van der Waals surface area contributed by atoms with E-state index in [1.165, 1.54) is 25.7 Å². The summed E-state index contributed by atoms with van der Waals surface area (Å²) < 4.78 is 0. The van der Waals surface area contributed by atoms with Crippen LogP contribution in [0.1, 0.15) is 32.6 Å². The molecular formula is C12H18ClN3. The van der Waals surface area contributed by atoms with Gasteiger partial charge in [0.25, 0.3) is 0 Å². The maximum atomic E-state index is 5.84. The Balaban J connectivity index is 1.99. The summed E-state index contributed by atoms with van der Waals surface area (Å²) in [6.07, 6.45) is 6.86. The average molecular weight is 240 g/mol. The van der Waals surface area contributed by atoms with Crippen molar-refractivity contribution in [1.82, 2.24) is 4.98 Å². The second-order valence-electron chi connectivity index (χ2n) is 4.96. The molecule has 0 atom stereocenters. The summed E-state index contributed by atoms with van der Waals surface area (Å²) in [5.74, 6) is 0.748. The maximum absolute atomic E-state index is 5.84. The topological polar surface area (TPSA) is 50.9 Å². The van der Waals surface area contributed by atoms with Gasteiger partial charge in [-0.25, -0.2) is 4.98 Å². The first-order valence-electron chi connectivity index (χ1n) is 5.74. The Kier molecular flexibility index (Phi) is 3.24. The van der Waals surface area contributed by atoms with Gasteiger partial charge in [-0.1, -0.05) is 31.4 Å². The number of halogens is 1. The van der Waals surface area contributed by atoms with Gasteiger partial charge in [0.05, 0.1) is 10.7 Å². The second-order valence-corrected chi connectivity index (χ2v) is 5.40. The lowest BCUT2D eigenvalue weighted by Gasteiger charge is -2.24. The molecule has 1 heterocycles. The molecule has 0 amide bonds. The highest BCUT2D eigenvalue weighted by Gasteiger charge is 2.28. The van der Waals surface area contributed by atoms with Crippen molar-refractivity contribution in [3.63, 3.8) is 0 Å². The van der Waals surface area contributed by atoms with Gasteiger partial charge < -0.3 is 11.1 Å². The summed E-state index contributed by atoms with van der Waals surface area (Å²) in [7, 11) is 0. The summed E-state index contributed by atoms with van der Waals surface area (Å²) >= 11 is 5.80. The zero-order valence-corrected chi connectivity index (χ0v) is 10.3. The summed E-state index contributed by atoms with van der Waals surface area (Å²) in [6.45, 7) is 3.25. The van der Waals surface area contributed by atoms with Gasteiger partial charge in [-0.15, -0.1) is 0 Å². The van der Waals surface area contributed by atoms with Gasteiger partial charge in [0.15, 0.2) is 0 Å². The molecule has 1 aliphatic rings. The van der Waals surface area contributed by atoms with E-state index in [-0.39, 0.29) is 0 Å². The third-order valence-electron chi connectivity index (χ3n) is 3.38. The minimum atomic E-state index is 0.397. The third-order valence-corrected chi connectivity index (χ3v) is 3.58. The fourth-order valence-corrected chi connectivity index (χ4v) is 2.47. The van der Waals surface area contributed by atoms with Crippen molar-refractivity contribution in [1.29, 1.82) is 0 Å². The van der Waals surface area contributed by atoms with Crippen LogP contribution in [0.5, 0.6) is 0 Å². The number of pyridine rings is 1. The van der Waals surface area contributed by atoms with Gasteiger partial charge in [-0.3, -0.25) is 0 Å². The maximum Gasteiger partial charge on any atom is 0.149 e. The van der Waals surface area contributed by atoms with E-state index in [1.807, 2.05) is 0 Å². The van der Waals surface area contributed by atoms with Crippen LogP contribution in [0, 0.1) is 5.41 Å². The van der Waals surface area contributed by atoms with Gasteiger partial charge in [0.2, 0.25) is 0 Å². The van der Waals surface area contributed by atoms with Crippen molar-refractivity contribution in [2.75, 3.05) is 17.6 Å². The molecule has 0 saturated heterocycles. The molecule has 2 rings (SSSR count). The summed E-state index contributed by atoms with van der Waals surface area (Å²) in [6, 6.07) is 1.73. The SMILES string of the molecule is CC1(CNc2ncc(Cl)cc2N)CCCC1. The number of nitrogens with two attached hydrogens (primary N) is 1. The van der Waals surface area contributed by atoms with E-state index < -0.39 is 0 Å². The van der Waals surface area contributed by atoms with Crippen molar-refractivity contribution in [2.24, 2.45) is 5.41 Å². The van der Waals surface area contributed by atoms with E-state index in [1.54, 1.807) is 12.3 Å². The Bertz CT molecular complexity index is 373. The van der Waals surface area contributed by atoms with Crippen LogP contribution in [0.3, 0.4) is 0 Å². The van der Waals surface area contributed by atoms with Crippen LogP contribution in [0.2, 0.25) is 5.02 Å². The quantitative estimate of drug-likeness (QED) is 0.851. The van der Waals surface area contributed by atoms with E-state index in [0.29, 0.717) is 16.1 Å². The molecule has 88 valence electrons. The molecule has 0 bridgehead atoms. The van der Waals surface area contributed by atoms with Crippen molar-refractivity contribution in [2.45, 2.75) is 32.6 Å². The minimum absolute atomic E-state index is 0.397. The van der Waals surface area contributed by atoms with Gasteiger partial charge >= 0.3 is 0 Å². The van der Waals surface area contributed by atoms with Gasteiger partial charge in [-0.2, -0.15) is 0 Å². The first kappa shape index (κ1) is 11.5. The lowest BCUT2D eigenvalue weighted by atomic mass is 9.89. The van der Waals surface area contributed by atoms with Crippen molar-refractivity contribution < 1.29 is 0 Å². The van der Waals surface area contributed by atoms with Crippen LogP contribution in [-0.4, -0.2) is 11.5 Å². The molecule has 1 fully saturated rings. The van der Waals surface area contributed by atoms with E-state index >= 15 is 0 Å². The molecule has 0 radical (unpaired) electrons. The lowest BCUT2D eigenvalue weighted by molar-refractivity contribution is 0.361. The Morgan fingerprint density at radius 2 is 2.19 bits per heavy atom. The first-order valence-corrected chi connectivity index (χ1v) is 6.12. The second kappa shape index (κ2) is 4.50. The highest BCUT2D eigenvalue weighted by Crippen LogP contribution is 2.37. The van der Waals surface area contributed by atoms with Crippen LogP contribution < -0.4 is 11.1 Å². The molecule has 0 aromatic carbocycles. The molecule has 1 saturated carbocycles. The highest BCUT2D eigenvalue weighted by molar-refractivity contribution is 6.30. The van der Waals surface area contributed by atoms with Crippen LogP contribution in [0.15, 0.2) is 12.3 Å². The largest absolute Gasteiger partial charge is 0.396 e. The molecule has 4 heteroatoms. The average Bonchev–Trinajstić information content (AvgIpc) is 2.64. The Morgan fingerprint density at radius 1 is 1.50 bits per heavy atom. The number of hydrogen-bond donors (Lipinski definition) is 2. The number of aromatic nitrogens is 1. The lowest BCUT2D eigenvalue weighted by Crippen LogP contribution is -2.23. The molecule has 1 aromatic heterocycles. The molecule has 3 nitrogen and oxygen atoms in total. The fraction of sp³-hybridized carbons (Fsp3) is 0.583. The van der Waals surface area contributed by atoms with E-state index in [2.05, 4.69) is 17.2 Å². The zero-order chi connectivity index (χ0) is 11.6. The molecule has 3 N–H and O–H groups in total. The van der Waals surface area contributed by atoms with Crippen molar-refractivity contribution in [3.8, 4) is 0 Å². The van der Waals surface area contributed by atoms with Crippen LogP contribution in [-0.2, 0) is 0 Å². The molecular weight excluding hydrogens is 222 g/mol. The van der Waals surface area contributed by atoms with E-state index in [0.717, 1.165) is 12.4 Å². The van der Waals surface area contributed by atoms with E-state index in [4.69, 9.17) is 17.3 Å². The summed E-state index contributed by atoms with van der Waals surface area (Å²) in [5, 5.41) is 3.91. The molecule has 1 aliphatic carbocycles. The smallest absolute Gasteiger partial charge is 0.149 e. The molecule has 0 spiro atoms. The number of anilines is 2. The van der Waals surface area contributed by atoms with Crippen molar-refractivity contribution >= 4 is 23.1 Å². The van der Waals surface area contributed by atoms with Crippen molar-refractivity contribution in [3.05, 3.63) is 17.3 Å². The first-order chi connectivity index (χ1) is 7.59. The predicted octanol–water partition coefficient (Wildman–Crippen LogP) is 3.31. The molecule has 1 aromatic rings. The predicted molar refractivity (Wildman–Crippen MR) is 68.7 cm³/mol. The molecule has 0 aliphatic heterocycles. The minimum Gasteiger partial charge on any atom is -0.396 e. The molecule has 16 heavy (non-hydrogen) atoms. The third kappa shape index (κ3) is 2.59. The van der Waals surface area contributed by atoms with Crippen LogP contribution in [0.4, 0.5) is 11.5 Å². The van der Waals surface area contributed by atoms with Crippen LogP contribution in [0.25, 0.3) is 0 Å². The normalized spacial score (nSPS) is 18.6. The van der Waals surface area contributed by atoms with E-state index in [9.17, 15) is 0 Å². The van der Waals surface area contributed by atoms with Gasteiger partial charge in [-0.05, 0) is 24.3 Å². The number of rotatable bonds is 3. The van der Waals surface area contributed by atoms with Gasteiger partial charge in [0, 0.05) is 12.7 Å². The zero-order valence-electron chi connectivity index (χ0n) is 9.59. The number of hydrogen-bond acceptors (Lipinski definition) is 3. The Labute approximate surface area is 101 Å². The Hall–Kier alpha value is -0.960. The standard InChI is InChI=1S/C12H18ClN3/c1-12(4-2-3-5-12)8-16-11-10(14)6-9(13)7-15-11/h6-7H,2-5,8,14H2,1H3,(H,15,16). The monoisotopic (exact) mass is 239 g/mol. The number of nitrogens with one attached hydrogen (secondary N) is 1. The number of nitrogens with zero attached hydrogens (tertiary/aromatic N) is 1.